The lowest BCUT2D eigenvalue weighted by molar-refractivity contribution is -0.127. The normalized spacial score (nSPS) is 16.1. The van der Waals surface area contributed by atoms with Gasteiger partial charge in [-0.2, -0.15) is 0 Å². The summed E-state index contributed by atoms with van der Waals surface area (Å²) in [6, 6.07) is 0.177. The van der Waals surface area contributed by atoms with E-state index in [-0.39, 0.29) is 16.9 Å². The van der Waals surface area contributed by atoms with E-state index >= 15 is 0 Å². The van der Waals surface area contributed by atoms with Gasteiger partial charge in [0.25, 0.3) is 0 Å². The molecular formula is C14H28N2OS. The third-order valence-electron chi connectivity index (χ3n) is 3.55. The lowest BCUT2D eigenvalue weighted by atomic mass is 9.86. The zero-order chi connectivity index (χ0) is 14.3. The Hall–Kier alpha value is -0.640. The van der Waals surface area contributed by atoms with Crippen molar-refractivity contribution in [3.8, 4) is 0 Å². The molecule has 106 valence electrons. The fourth-order valence-corrected chi connectivity index (χ4v) is 1.97. The summed E-state index contributed by atoms with van der Waals surface area (Å²) in [5.74, 6) is 0.667. The molecule has 0 aromatic heterocycles. The van der Waals surface area contributed by atoms with E-state index < -0.39 is 5.41 Å². The van der Waals surface area contributed by atoms with Crippen molar-refractivity contribution in [2.75, 3.05) is 0 Å². The van der Waals surface area contributed by atoms with Crippen LogP contribution in [0.2, 0.25) is 0 Å². The molecule has 3 N–H and O–H groups in total. The molecule has 3 nitrogen and oxygen atoms in total. The number of nitrogens with two attached hydrogens (primary N) is 1. The van der Waals surface area contributed by atoms with Gasteiger partial charge in [0.1, 0.15) is 0 Å². The van der Waals surface area contributed by atoms with Gasteiger partial charge in [-0.25, -0.2) is 0 Å². The molecule has 0 fully saturated rings. The van der Waals surface area contributed by atoms with Crippen LogP contribution < -0.4 is 11.1 Å². The van der Waals surface area contributed by atoms with Gasteiger partial charge in [-0.3, -0.25) is 4.79 Å². The topological polar surface area (TPSA) is 55.1 Å². The fraction of sp³-hybridized carbons (Fsp3) is 0.857. The molecule has 18 heavy (non-hydrogen) atoms. The zero-order valence-corrected chi connectivity index (χ0v) is 13.2. The molecule has 0 aliphatic heterocycles. The van der Waals surface area contributed by atoms with Gasteiger partial charge >= 0.3 is 0 Å². The second-order valence-electron chi connectivity index (χ2n) is 5.75. The molecule has 4 heteroatoms. The summed E-state index contributed by atoms with van der Waals surface area (Å²) in [5.41, 5.74) is 4.95. The third-order valence-corrected chi connectivity index (χ3v) is 4.00. The average molecular weight is 272 g/mol. The predicted molar refractivity (Wildman–Crippen MR) is 81.5 cm³/mol. The number of hydrogen-bond donors (Lipinski definition) is 2. The maximum atomic E-state index is 12.2. The Balaban J connectivity index is 4.25. The molecule has 0 aliphatic rings. The highest BCUT2D eigenvalue weighted by Gasteiger charge is 2.34. The molecule has 2 unspecified atom stereocenters. The Morgan fingerprint density at radius 3 is 2.28 bits per heavy atom. The summed E-state index contributed by atoms with van der Waals surface area (Å²) in [6.07, 6.45) is 3.96. The Morgan fingerprint density at radius 2 is 1.89 bits per heavy atom. The number of nitrogens with one attached hydrogen (secondary N) is 1. The highest BCUT2D eigenvalue weighted by atomic mass is 32.1. The van der Waals surface area contributed by atoms with E-state index in [1.807, 2.05) is 20.8 Å². The predicted octanol–water partition coefficient (Wildman–Crippen LogP) is 3.02. The van der Waals surface area contributed by atoms with Gasteiger partial charge in [0.2, 0.25) is 5.91 Å². The summed E-state index contributed by atoms with van der Waals surface area (Å²) >= 11 is 5.00. The molecule has 0 heterocycles. The molecule has 0 aromatic carbocycles. The molecule has 0 radical (unpaired) electrons. The number of hydrogen-bond acceptors (Lipinski definition) is 2. The van der Waals surface area contributed by atoms with E-state index in [0.717, 1.165) is 12.8 Å². The van der Waals surface area contributed by atoms with Gasteiger partial charge in [0, 0.05) is 6.04 Å². The van der Waals surface area contributed by atoms with E-state index in [4.69, 9.17) is 18.0 Å². The highest BCUT2D eigenvalue weighted by Crippen LogP contribution is 2.22. The third kappa shape index (κ3) is 5.34. The largest absolute Gasteiger partial charge is 0.392 e. The lowest BCUT2D eigenvalue weighted by Crippen LogP contribution is -2.49. The van der Waals surface area contributed by atoms with Crippen molar-refractivity contribution in [2.45, 2.75) is 66.3 Å². The van der Waals surface area contributed by atoms with Crippen molar-refractivity contribution in [1.29, 1.82) is 0 Å². The van der Waals surface area contributed by atoms with Gasteiger partial charge in [0.05, 0.1) is 10.4 Å². The first-order chi connectivity index (χ1) is 8.24. The number of rotatable bonds is 8. The van der Waals surface area contributed by atoms with E-state index in [0.29, 0.717) is 12.3 Å². The Kier molecular flexibility index (Phi) is 7.45. The van der Waals surface area contributed by atoms with Crippen LogP contribution in [-0.2, 0) is 4.79 Å². The van der Waals surface area contributed by atoms with Crippen LogP contribution in [0.15, 0.2) is 0 Å². The standard InChI is InChI=1S/C14H28N2OS/c1-6-14(5,12(15)18)13(17)16-11(4)9-7-8-10(2)3/h10-11H,6-9H2,1-5H3,(H2,15,18)(H,16,17). The maximum Gasteiger partial charge on any atom is 0.232 e. The monoisotopic (exact) mass is 272 g/mol. The Labute approximate surface area is 117 Å². The first kappa shape index (κ1) is 17.4. The van der Waals surface area contributed by atoms with Crippen LogP contribution in [-0.4, -0.2) is 16.9 Å². The van der Waals surface area contributed by atoms with Crippen molar-refractivity contribution >= 4 is 23.1 Å². The average Bonchev–Trinajstić information content (AvgIpc) is 2.26. The summed E-state index contributed by atoms with van der Waals surface area (Å²) in [5, 5.41) is 3.02. The Bertz CT molecular complexity index is 292. The van der Waals surface area contributed by atoms with Gasteiger partial charge in [0.15, 0.2) is 0 Å². The molecular weight excluding hydrogens is 244 g/mol. The quantitative estimate of drug-likeness (QED) is 0.668. The lowest BCUT2D eigenvalue weighted by Gasteiger charge is -2.27. The van der Waals surface area contributed by atoms with E-state index in [2.05, 4.69) is 19.2 Å². The SMILES string of the molecule is CCC(C)(C(=O)NC(C)CCCC(C)C)C(N)=S. The van der Waals surface area contributed by atoms with Gasteiger partial charge in [-0.05, 0) is 32.6 Å². The molecule has 1 amide bonds. The van der Waals surface area contributed by atoms with Crippen molar-refractivity contribution in [3.05, 3.63) is 0 Å². The van der Waals surface area contributed by atoms with Gasteiger partial charge in [-0.1, -0.05) is 45.8 Å². The van der Waals surface area contributed by atoms with Crippen LogP contribution in [0.4, 0.5) is 0 Å². The molecule has 0 saturated carbocycles. The van der Waals surface area contributed by atoms with E-state index in [1.165, 1.54) is 6.42 Å². The number of carbonyl (C=O) groups excluding carboxylic acids is 1. The van der Waals surface area contributed by atoms with Crippen LogP contribution in [0, 0.1) is 11.3 Å². The first-order valence-corrected chi connectivity index (χ1v) is 7.25. The smallest absolute Gasteiger partial charge is 0.232 e. The molecule has 0 aromatic rings. The minimum atomic E-state index is -0.721. The van der Waals surface area contributed by atoms with Crippen molar-refractivity contribution in [2.24, 2.45) is 17.1 Å². The fourth-order valence-electron chi connectivity index (χ4n) is 1.73. The molecule has 0 aliphatic carbocycles. The minimum absolute atomic E-state index is 0.0467. The molecule has 0 bridgehead atoms. The summed E-state index contributed by atoms with van der Waals surface area (Å²) in [7, 11) is 0. The van der Waals surface area contributed by atoms with Crippen LogP contribution in [0.5, 0.6) is 0 Å². The van der Waals surface area contributed by atoms with Crippen LogP contribution >= 0.6 is 12.2 Å². The maximum absolute atomic E-state index is 12.2. The van der Waals surface area contributed by atoms with Crippen LogP contribution in [0.3, 0.4) is 0 Å². The van der Waals surface area contributed by atoms with Crippen molar-refractivity contribution < 1.29 is 4.79 Å². The van der Waals surface area contributed by atoms with E-state index in [9.17, 15) is 4.79 Å². The number of amides is 1. The van der Waals surface area contributed by atoms with Crippen LogP contribution in [0.1, 0.15) is 60.3 Å². The van der Waals surface area contributed by atoms with Crippen LogP contribution in [0.25, 0.3) is 0 Å². The second kappa shape index (κ2) is 7.72. The minimum Gasteiger partial charge on any atom is -0.392 e. The number of thiocarbonyl (C=S) groups is 1. The molecule has 0 rings (SSSR count). The Morgan fingerprint density at radius 1 is 1.33 bits per heavy atom. The molecule has 0 saturated heterocycles. The summed E-state index contributed by atoms with van der Waals surface area (Å²) in [4.78, 5) is 12.4. The van der Waals surface area contributed by atoms with Gasteiger partial charge < -0.3 is 11.1 Å². The summed E-state index contributed by atoms with van der Waals surface area (Å²) in [6.45, 7) is 10.2. The van der Waals surface area contributed by atoms with Crippen molar-refractivity contribution in [1.82, 2.24) is 5.32 Å². The number of carbonyl (C=O) groups is 1. The molecule has 0 spiro atoms. The summed E-state index contributed by atoms with van der Waals surface area (Å²) < 4.78 is 0. The van der Waals surface area contributed by atoms with Gasteiger partial charge in [-0.15, -0.1) is 0 Å². The zero-order valence-electron chi connectivity index (χ0n) is 12.4. The first-order valence-electron chi connectivity index (χ1n) is 6.84. The highest BCUT2D eigenvalue weighted by molar-refractivity contribution is 7.80. The van der Waals surface area contributed by atoms with Crippen molar-refractivity contribution in [3.63, 3.8) is 0 Å². The molecule has 2 atom stereocenters. The van der Waals surface area contributed by atoms with E-state index in [1.54, 1.807) is 0 Å². The second-order valence-corrected chi connectivity index (χ2v) is 6.19.